The van der Waals surface area contributed by atoms with Crippen LogP contribution in [0.4, 0.5) is 5.69 Å². The number of nitrogens with one attached hydrogen (secondary N) is 1. The molecule has 1 aliphatic rings. The average Bonchev–Trinajstić information content (AvgIpc) is 3.20. The minimum atomic E-state index is -1.29. The number of aromatic carboxylic acids is 1. The van der Waals surface area contributed by atoms with Crippen LogP contribution in [-0.2, 0) is 9.59 Å². The van der Waals surface area contributed by atoms with E-state index in [4.69, 9.17) is 12.2 Å². The Morgan fingerprint density at radius 3 is 2.58 bits per heavy atom. The Kier molecular flexibility index (Phi) is 5.50. The van der Waals surface area contributed by atoms with Crippen LogP contribution in [0.15, 0.2) is 46.7 Å². The number of carboxylic acid groups (broad SMARTS) is 1. The zero-order valence-corrected chi connectivity index (χ0v) is 15.6. The molecule has 0 bridgehead atoms. The topological polar surface area (TPSA) is 89.5 Å². The predicted octanol–water partition coefficient (Wildman–Crippen LogP) is 1.95. The van der Waals surface area contributed by atoms with Crippen molar-refractivity contribution in [3.05, 3.63) is 57.1 Å². The highest BCUT2D eigenvalue weighted by molar-refractivity contribution is 8.26. The number of carbonyl (C=O) groups is 3. The van der Waals surface area contributed by atoms with E-state index >= 15 is 0 Å². The minimum Gasteiger partial charge on any atom is -0.545 e. The molecule has 1 aliphatic heterocycles. The van der Waals surface area contributed by atoms with Crippen LogP contribution in [0.2, 0.25) is 0 Å². The number of hydrogen-bond donors (Lipinski definition) is 1. The van der Waals surface area contributed by atoms with E-state index in [1.54, 1.807) is 6.08 Å². The van der Waals surface area contributed by atoms with Gasteiger partial charge in [-0.15, -0.1) is 11.3 Å². The van der Waals surface area contributed by atoms with Crippen LogP contribution in [0.1, 0.15) is 15.2 Å². The van der Waals surface area contributed by atoms with Gasteiger partial charge in [-0.05, 0) is 35.2 Å². The van der Waals surface area contributed by atoms with E-state index in [9.17, 15) is 19.5 Å². The lowest BCUT2D eigenvalue weighted by atomic mass is 10.2. The third kappa shape index (κ3) is 4.18. The maximum absolute atomic E-state index is 12.5. The number of nitrogens with zero attached hydrogens (tertiary/aromatic N) is 1. The van der Waals surface area contributed by atoms with Crippen LogP contribution < -0.4 is 10.4 Å². The highest BCUT2D eigenvalue weighted by Crippen LogP contribution is 2.33. The number of anilines is 1. The number of rotatable bonds is 5. The summed E-state index contributed by atoms with van der Waals surface area (Å²) in [5.74, 6) is -2.03. The predicted molar refractivity (Wildman–Crippen MR) is 104 cm³/mol. The Morgan fingerprint density at radius 2 is 1.96 bits per heavy atom. The average molecular weight is 403 g/mol. The van der Waals surface area contributed by atoms with Gasteiger partial charge in [0.25, 0.3) is 5.91 Å². The highest BCUT2D eigenvalue weighted by atomic mass is 32.2. The third-order valence-electron chi connectivity index (χ3n) is 3.40. The molecule has 2 heterocycles. The van der Waals surface area contributed by atoms with Crippen LogP contribution in [0.5, 0.6) is 0 Å². The van der Waals surface area contributed by atoms with E-state index in [1.165, 1.54) is 40.5 Å². The Balaban J connectivity index is 1.64. The summed E-state index contributed by atoms with van der Waals surface area (Å²) in [5.41, 5.74) is 0.429. The van der Waals surface area contributed by atoms with Gasteiger partial charge in [-0.1, -0.05) is 42.2 Å². The molecular formula is C17H11N2O4S3-. The molecule has 0 spiro atoms. The molecule has 0 aliphatic carbocycles. The van der Waals surface area contributed by atoms with E-state index in [0.717, 1.165) is 16.6 Å². The summed E-state index contributed by atoms with van der Waals surface area (Å²) in [5, 5.41) is 15.2. The molecule has 2 aromatic rings. The van der Waals surface area contributed by atoms with Crippen molar-refractivity contribution in [3.63, 3.8) is 0 Å². The van der Waals surface area contributed by atoms with Crippen molar-refractivity contribution in [1.29, 1.82) is 0 Å². The molecule has 0 saturated carbocycles. The lowest BCUT2D eigenvalue weighted by Gasteiger charge is -2.14. The molecule has 1 saturated heterocycles. The molecule has 6 nitrogen and oxygen atoms in total. The van der Waals surface area contributed by atoms with Crippen molar-refractivity contribution < 1.29 is 19.5 Å². The van der Waals surface area contributed by atoms with Crippen LogP contribution in [0.3, 0.4) is 0 Å². The normalized spacial score (nSPS) is 15.5. The van der Waals surface area contributed by atoms with E-state index in [-0.39, 0.29) is 18.0 Å². The number of benzene rings is 1. The van der Waals surface area contributed by atoms with Gasteiger partial charge in [0.15, 0.2) is 0 Å². The summed E-state index contributed by atoms with van der Waals surface area (Å²) in [4.78, 5) is 38.0. The number of carbonyl (C=O) groups excluding carboxylic acids is 3. The molecule has 0 unspecified atom stereocenters. The summed E-state index contributed by atoms with van der Waals surface area (Å²) in [6.07, 6.45) is 1.75. The summed E-state index contributed by atoms with van der Waals surface area (Å²) in [6.45, 7) is -0.214. The Bertz CT molecular complexity index is 905. The highest BCUT2D eigenvalue weighted by Gasteiger charge is 2.33. The van der Waals surface area contributed by atoms with Crippen LogP contribution in [0.25, 0.3) is 6.08 Å². The standard InChI is InChI=1S/C17H12N2O4S3/c20-14(18-11-5-3-10(4-6-11)16(22)23)9-19-15(21)13(26-17(19)24)8-12-2-1-7-25-12/h1-8H,9H2,(H,18,20)(H,22,23)/p-1/b13-8-. The number of thiocarbonyl (C=S) groups is 1. The lowest BCUT2D eigenvalue weighted by Crippen LogP contribution is -2.36. The van der Waals surface area contributed by atoms with Gasteiger partial charge in [-0.2, -0.15) is 0 Å². The molecule has 1 aromatic carbocycles. The Morgan fingerprint density at radius 1 is 1.23 bits per heavy atom. The zero-order valence-electron chi connectivity index (χ0n) is 13.1. The summed E-state index contributed by atoms with van der Waals surface area (Å²) < 4.78 is 0.320. The fourth-order valence-corrected chi connectivity index (χ4v) is 4.15. The van der Waals surface area contributed by atoms with Gasteiger partial charge in [0, 0.05) is 10.6 Å². The van der Waals surface area contributed by atoms with Gasteiger partial charge in [-0.25, -0.2) is 0 Å². The molecule has 1 N–H and O–H groups in total. The fraction of sp³-hybridized carbons (Fsp3) is 0.0588. The summed E-state index contributed by atoms with van der Waals surface area (Å²) in [7, 11) is 0. The van der Waals surface area contributed by atoms with Crippen molar-refractivity contribution in [1.82, 2.24) is 4.90 Å². The number of carboxylic acids is 1. The first-order valence-corrected chi connectivity index (χ1v) is 9.44. The number of thiophene rings is 1. The molecule has 0 radical (unpaired) electrons. The van der Waals surface area contributed by atoms with Gasteiger partial charge in [0.1, 0.15) is 10.9 Å². The molecule has 1 aromatic heterocycles. The second-order valence-electron chi connectivity index (χ2n) is 5.20. The number of thioether (sulfide) groups is 1. The van der Waals surface area contributed by atoms with E-state index in [0.29, 0.717) is 14.9 Å². The van der Waals surface area contributed by atoms with Crippen LogP contribution in [-0.4, -0.2) is 33.5 Å². The van der Waals surface area contributed by atoms with E-state index < -0.39 is 11.9 Å². The molecule has 0 atom stereocenters. The molecule has 132 valence electrons. The van der Waals surface area contributed by atoms with Crippen molar-refractivity contribution >= 4 is 69.2 Å². The van der Waals surface area contributed by atoms with Crippen molar-refractivity contribution in [3.8, 4) is 0 Å². The van der Waals surface area contributed by atoms with E-state index in [1.807, 2.05) is 17.5 Å². The molecule has 2 amide bonds. The van der Waals surface area contributed by atoms with Crippen molar-refractivity contribution in [2.24, 2.45) is 0 Å². The van der Waals surface area contributed by atoms with Crippen LogP contribution in [0, 0.1) is 0 Å². The largest absolute Gasteiger partial charge is 0.545 e. The SMILES string of the molecule is O=C(CN1C(=O)/C(=C/c2cccs2)SC1=S)Nc1ccc(C(=O)[O-])cc1. The molecule has 3 rings (SSSR count). The third-order valence-corrected chi connectivity index (χ3v) is 5.59. The number of amides is 2. The molecule has 1 fully saturated rings. The molecule has 9 heteroatoms. The van der Waals surface area contributed by atoms with E-state index in [2.05, 4.69) is 5.32 Å². The quantitative estimate of drug-likeness (QED) is 0.606. The molecular weight excluding hydrogens is 392 g/mol. The lowest BCUT2D eigenvalue weighted by molar-refractivity contribution is -0.255. The first-order chi connectivity index (χ1) is 12.4. The van der Waals surface area contributed by atoms with Gasteiger partial charge in [0.05, 0.1) is 10.9 Å². The first kappa shape index (κ1) is 18.3. The van der Waals surface area contributed by atoms with Gasteiger partial charge in [0.2, 0.25) is 5.91 Å². The summed E-state index contributed by atoms with van der Waals surface area (Å²) >= 11 is 7.86. The zero-order chi connectivity index (χ0) is 18.7. The molecule has 26 heavy (non-hydrogen) atoms. The second kappa shape index (κ2) is 7.81. The summed E-state index contributed by atoms with van der Waals surface area (Å²) in [6, 6.07) is 9.33. The Hall–Kier alpha value is -2.49. The number of hydrogen-bond acceptors (Lipinski definition) is 7. The smallest absolute Gasteiger partial charge is 0.266 e. The fourth-order valence-electron chi connectivity index (χ4n) is 2.17. The van der Waals surface area contributed by atoms with Crippen molar-refractivity contribution in [2.75, 3.05) is 11.9 Å². The maximum atomic E-state index is 12.5. The van der Waals surface area contributed by atoms with Gasteiger partial charge < -0.3 is 15.2 Å². The second-order valence-corrected chi connectivity index (χ2v) is 7.85. The first-order valence-electron chi connectivity index (χ1n) is 7.34. The van der Waals surface area contributed by atoms with Crippen LogP contribution >= 0.6 is 35.3 Å². The Labute approximate surface area is 162 Å². The minimum absolute atomic E-state index is 0.0126. The van der Waals surface area contributed by atoms with Gasteiger partial charge in [-0.3, -0.25) is 14.5 Å². The van der Waals surface area contributed by atoms with Gasteiger partial charge >= 0.3 is 0 Å². The van der Waals surface area contributed by atoms with Crippen molar-refractivity contribution in [2.45, 2.75) is 0 Å². The monoisotopic (exact) mass is 403 g/mol. The maximum Gasteiger partial charge on any atom is 0.266 e.